The minimum absolute atomic E-state index is 0.181. The molecule has 1 heterocycles. The fourth-order valence-electron chi connectivity index (χ4n) is 2.99. The minimum atomic E-state index is -3.69. The second kappa shape index (κ2) is 6.46. The molecule has 132 valence electrons. The van der Waals surface area contributed by atoms with Gasteiger partial charge in [-0.1, -0.05) is 48.5 Å². The maximum absolute atomic E-state index is 14.1. The Morgan fingerprint density at radius 3 is 2.46 bits per heavy atom. The van der Waals surface area contributed by atoms with E-state index in [1.807, 2.05) is 30.3 Å². The summed E-state index contributed by atoms with van der Waals surface area (Å²) in [4.78, 5) is 0.260. The van der Waals surface area contributed by atoms with Crippen LogP contribution in [0.5, 0.6) is 5.75 Å². The van der Waals surface area contributed by atoms with E-state index in [1.54, 1.807) is 30.3 Å². The van der Waals surface area contributed by atoms with Crippen LogP contribution in [0.3, 0.4) is 0 Å². The Bertz CT molecular complexity index is 1050. The molecular formula is C20H16FNO3S. The molecule has 0 fully saturated rings. The summed E-state index contributed by atoms with van der Waals surface area (Å²) in [6.45, 7) is 0.455. The number of anilines is 1. The van der Waals surface area contributed by atoms with Crippen LogP contribution in [0.4, 0.5) is 10.1 Å². The Morgan fingerprint density at radius 2 is 1.69 bits per heavy atom. The van der Waals surface area contributed by atoms with Crippen LogP contribution in [0, 0.1) is 5.82 Å². The van der Waals surface area contributed by atoms with Gasteiger partial charge in [0.25, 0.3) is 10.0 Å². The average molecular weight is 369 g/mol. The lowest BCUT2D eigenvalue weighted by Crippen LogP contribution is -2.23. The SMILES string of the molecule is O=S1(=O)c2ccccc2CN1c1cc(F)cc(OCc2ccccc2)c1. The lowest BCUT2D eigenvalue weighted by atomic mass is 10.2. The molecular weight excluding hydrogens is 353 g/mol. The van der Waals surface area contributed by atoms with Crippen LogP contribution in [0.1, 0.15) is 11.1 Å². The van der Waals surface area contributed by atoms with E-state index in [9.17, 15) is 12.8 Å². The Hall–Kier alpha value is -2.86. The zero-order valence-corrected chi connectivity index (χ0v) is 14.6. The van der Waals surface area contributed by atoms with Gasteiger partial charge in [0, 0.05) is 12.1 Å². The van der Waals surface area contributed by atoms with Gasteiger partial charge in [-0.05, 0) is 23.3 Å². The minimum Gasteiger partial charge on any atom is -0.489 e. The predicted molar refractivity (Wildman–Crippen MR) is 97.0 cm³/mol. The van der Waals surface area contributed by atoms with Gasteiger partial charge in [0.2, 0.25) is 0 Å². The van der Waals surface area contributed by atoms with Crippen molar-refractivity contribution in [2.24, 2.45) is 0 Å². The quantitative estimate of drug-likeness (QED) is 0.695. The average Bonchev–Trinajstić information content (AvgIpc) is 2.92. The van der Waals surface area contributed by atoms with Crippen molar-refractivity contribution in [2.45, 2.75) is 18.0 Å². The lowest BCUT2D eigenvalue weighted by molar-refractivity contribution is 0.304. The highest BCUT2D eigenvalue weighted by molar-refractivity contribution is 7.93. The monoisotopic (exact) mass is 369 g/mol. The highest BCUT2D eigenvalue weighted by Crippen LogP contribution is 2.36. The van der Waals surface area contributed by atoms with Crippen molar-refractivity contribution in [3.8, 4) is 5.75 Å². The van der Waals surface area contributed by atoms with E-state index in [1.165, 1.54) is 16.4 Å². The number of nitrogens with zero attached hydrogens (tertiary/aromatic N) is 1. The molecule has 1 aliphatic heterocycles. The summed E-state index contributed by atoms with van der Waals surface area (Å²) in [7, 11) is -3.69. The van der Waals surface area contributed by atoms with Crippen molar-refractivity contribution in [1.82, 2.24) is 0 Å². The predicted octanol–water partition coefficient (Wildman–Crippen LogP) is 4.11. The van der Waals surface area contributed by atoms with Crippen molar-refractivity contribution >= 4 is 15.7 Å². The standard InChI is InChI=1S/C20H16FNO3S/c21-17-10-18(12-19(11-17)25-14-15-6-2-1-3-7-15)22-13-16-8-4-5-9-20(16)26(22,23)24/h1-12H,13-14H2. The molecule has 3 aromatic carbocycles. The van der Waals surface area contributed by atoms with E-state index >= 15 is 0 Å². The molecule has 26 heavy (non-hydrogen) atoms. The lowest BCUT2D eigenvalue weighted by Gasteiger charge is -2.18. The third kappa shape index (κ3) is 3.04. The first-order valence-electron chi connectivity index (χ1n) is 8.12. The molecule has 0 unspecified atom stereocenters. The first-order chi connectivity index (χ1) is 12.5. The fraction of sp³-hybridized carbons (Fsp3) is 0.100. The zero-order valence-electron chi connectivity index (χ0n) is 13.8. The molecule has 6 heteroatoms. The number of hydrogen-bond donors (Lipinski definition) is 0. The molecule has 4 rings (SSSR count). The first kappa shape index (κ1) is 16.6. The van der Waals surface area contributed by atoms with E-state index in [0.29, 0.717) is 5.56 Å². The first-order valence-corrected chi connectivity index (χ1v) is 9.56. The maximum Gasteiger partial charge on any atom is 0.264 e. The fourth-order valence-corrected chi connectivity index (χ4v) is 4.63. The van der Waals surface area contributed by atoms with Crippen LogP contribution in [0.15, 0.2) is 77.7 Å². The number of hydrogen-bond acceptors (Lipinski definition) is 3. The van der Waals surface area contributed by atoms with Gasteiger partial charge in [0.15, 0.2) is 0 Å². The van der Waals surface area contributed by atoms with Crippen LogP contribution in [-0.2, 0) is 23.2 Å². The molecule has 3 aromatic rings. The van der Waals surface area contributed by atoms with Crippen molar-refractivity contribution in [3.63, 3.8) is 0 Å². The van der Waals surface area contributed by atoms with E-state index in [2.05, 4.69) is 0 Å². The highest BCUT2D eigenvalue weighted by Gasteiger charge is 2.34. The van der Waals surface area contributed by atoms with Gasteiger partial charge in [0.05, 0.1) is 17.1 Å². The van der Waals surface area contributed by atoms with Crippen LogP contribution in [0.25, 0.3) is 0 Å². The summed E-state index contributed by atoms with van der Waals surface area (Å²) < 4.78 is 46.4. The highest BCUT2D eigenvalue weighted by atomic mass is 32.2. The van der Waals surface area contributed by atoms with Gasteiger partial charge in [-0.25, -0.2) is 12.8 Å². The van der Waals surface area contributed by atoms with Crippen LogP contribution in [-0.4, -0.2) is 8.42 Å². The normalized spacial score (nSPS) is 14.9. The Morgan fingerprint density at radius 1 is 0.962 bits per heavy atom. The number of rotatable bonds is 4. The van der Waals surface area contributed by atoms with Gasteiger partial charge >= 0.3 is 0 Å². The van der Waals surface area contributed by atoms with Crippen molar-refractivity contribution in [2.75, 3.05) is 4.31 Å². The van der Waals surface area contributed by atoms with Gasteiger partial charge in [-0.3, -0.25) is 4.31 Å². The molecule has 0 radical (unpaired) electrons. The Kier molecular flexibility index (Phi) is 4.12. The number of sulfonamides is 1. The van der Waals surface area contributed by atoms with Gasteiger partial charge in [0.1, 0.15) is 18.2 Å². The summed E-state index contributed by atoms with van der Waals surface area (Å²) in [5, 5.41) is 0. The van der Waals surface area contributed by atoms with Gasteiger partial charge in [-0.15, -0.1) is 0 Å². The molecule has 0 spiro atoms. The summed E-state index contributed by atoms with van der Waals surface area (Å²) in [6.07, 6.45) is 0. The molecule has 0 aliphatic carbocycles. The van der Waals surface area contributed by atoms with E-state index < -0.39 is 15.8 Å². The number of fused-ring (bicyclic) bond motifs is 1. The zero-order chi connectivity index (χ0) is 18.1. The van der Waals surface area contributed by atoms with Crippen molar-refractivity contribution in [3.05, 3.63) is 89.7 Å². The molecule has 0 atom stereocenters. The van der Waals surface area contributed by atoms with E-state index in [0.717, 1.165) is 5.56 Å². The van der Waals surface area contributed by atoms with E-state index in [-0.39, 0.29) is 29.5 Å². The van der Waals surface area contributed by atoms with Crippen LogP contribution >= 0.6 is 0 Å². The van der Waals surface area contributed by atoms with Gasteiger partial charge < -0.3 is 4.74 Å². The summed E-state index contributed by atoms with van der Waals surface area (Å²) in [6, 6.07) is 20.3. The summed E-state index contributed by atoms with van der Waals surface area (Å²) in [5.74, 6) is -0.258. The smallest absolute Gasteiger partial charge is 0.264 e. The number of benzene rings is 3. The number of ether oxygens (including phenoxy) is 1. The van der Waals surface area contributed by atoms with Crippen LogP contribution in [0.2, 0.25) is 0 Å². The molecule has 0 N–H and O–H groups in total. The molecule has 0 saturated carbocycles. The van der Waals surface area contributed by atoms with E-state index in [4.69, 9.17) is 4.74 Å². The molecule has 4 nitrogen and oxygen atoms in total. The third-order valence-corrected chi connectivity index (χ3v) is 6.12. The van der Waals surface area contributed by atoms with Crippen LogP contribution < -0.4 is 9.04 Å². The Balaban J connectivity index is 1.63. The maximum atomic E-state index is 14.1. The topological polar surface area (TPSA) is 46.6 Å². The number of halogens is 1. The van der Waals surface area contributed by atoms with Gasteiger partial charge in [-0.2, -0.15) is 0 Å². The Labute approximate surface area is 151 Å². The third-order valence-electron chi connectivity index (χ3n) is 4.25. The van der Waals surface area contributed by atoms with Crippen molar-refractivity contribution in [1.29, 1.82) is 0 Å². The van der Waals surface area contributed by atoms with Crippen molar-refractivity contribution < 1.29 is 17.5 Å². The molecule has 0 saturated heterocycles. The molecule has 0 amide bonds. The second-order valence-corrected chi connectivity index (χ2v) is 7.87. The molecule has 0 aromatic heterocycles. The largest absolute Gasteiger partial charge is 0.489 e. The molecule has 0 bridgehead atoms. The molecule has 1 aliphatic rings. The summed E-state index contributed by atoms with van der Waals surface area (Å²) >= 11 is 0. The summed E-state index contributed by atoms with van der Waals surface area (Å²) in [5.41, 5.74) is 1.90. The second-order valence-electron chi connectivity index (χ2n) is 6.04.